The van der Waals surface area contributed by atoms with E-state index in [1.54, 1.807) is 36.4 Å². The fraction of sp³-hybridized carbons (Fsp3) is 0. The van der Waals surface area contributed by atoms with Crippen LogP contribution in [0.2, 0.25) is 0 Å². The van der Waals surface area contributed by atoms with Gasteiger partial charge in [-0.15, -0.1) is 0 Å². The van der Waals surface area contributed by atoms with Gasteiger partial charge >= 0.3 is 5.63 Å². The van der Waals surface area contributed by atoms with Crippen LogP contribution >= 0.6 is 0 Å². The van der Waals surface area contributed by atoms with E-state index in [9.17, 15) is 14.7 Å². The molecular weight excluding hydrogens is 280 g/mol. The number of aromatic hydroxyl groups is 1. The summed E-state index contributed by atoms with van der Waals surface area (Å²) in [5, 5.41) is 10.1. The lowest BCUT2D eigenvalue weighted by molar-refractivity contribution is 0.104. The summed E-state index contributed by atoms with van der Waals surface area (Å²) in [5.41, 5.74) is 0.430. The molecule has 1 aromatic heterocycles. The summed E-state index contributed by atoms with van der Waals surface area (Å²) in [7, 11) is 0. The first kappa shape index (κ1) is 13.8. The lowest BCUT2D eigenvalue weighted by Gasteiger charge is -1.99. The zero-order valence-electron chi connectivity index (χ0n) is 11.5. The second-order valence-electron chi connectivity index (χ2n) is 4.78. The fourth-order valence-corrected chi connectivity index (χ4v) is 2.12. The average molecular weight is 292 g/mol. The number of hydrogen-bond donors (Lipinski definition) is 1. The number of ketones is 1. The Morgan fingerprint density at radius 2 is 1.86 bits per heavy atom. The van der Waals surface area contributed by atoms with Gasteiger partial charge in [0.2, 0.25) is 0 Å². The van der Waals surface area contributed by atoms with Gasteiger partial charge in [-0.1, -0.05) is 36.4 Å². The highest BCUT2D eigenvalue weighted by Crippen LogP contribution is 2.15. The van der Waals surface area contributed by atoms with Crippen LogP contribution in [-0.4, -0.2) is 10.9 Å². The summed E-state index contributed by atoms with van der Waals surface area (Å²) >= 11 is 0. The number of fused-ring (bicyclic) bond motifs is 1. The zero-order valence-corrected chi connectivity index (χ0v) is 11.5. The van der Waals surface area contributed by atoms with E-state index < -0.39 is 11.4 Å². The van der Waals surface area contributed by atoms with Crippen LogP contribution in [0, 0.1) is 0 Å². The van der Waals surface area contributed by atoms with Crippen molar-refractivity contribution >= 4 is 22.8 Å². The Labute approximate surface area is 125 Å². The van der Waals surface area contributed by atoms with Gasteiger partial charge < -0.3 is 9.52 Å². The van der Waals surface area contributed by atoms with Crippen molar-refractivity contribution in [2.24, 2.45) is 0 Å². The molecule has 22 heavy (non-hydrogen) atoms. The first-order valence-electron chi connectivity index (χ1n) is 6.68. The molecule has 0 aliphatic carbocycles. The van der Waals surface area contributed by atoms with Crippen LogP contribution in [0.25, 0.3) is 17.0 Å². The smallest absolute Gasteiger partial charge is 0.347 e. The molecule has 0 atom stereocenters. The molecule has 0 radical (unpaired) electrons. The lowest BCUT2D eigenvalue weighted by atomic mass is 10.1. The largest absolute Gasteiger partial charge is 0.508 e. The van der Waals surface area contributed by atoms with E-state index in [1.807, 2.05) is 0 Å². The summed E-state index contributed by atoms with van der Waals surface area (Å²) in [6.07, 6.45) is 2.83. The van der Waals surface area contributed by atoms with Crippen molar-refractivity contribution in [3.63, 3.8) is 0 Å². The SMILES string of the molecule is O=C(C=Cc1cccc(O)c1)c1cc2ccccc2oc1=O. The zero-order chi connectivity index (χ0) is 15.5. The van der Waals surface area contributed by atoms with Gasteiger partial charge in [0.15, 0.2) is 5.78 Å². The first-order chi connectivity index (χ1) is 10.6. The number of allylic oxidation sites excluding steroid dienone is 1. The summed E-state index contributed by atoms with van der Waals surface area (Å²) in [6.45, 7) is 0. The highest BCUT2D eigenvalue weighted by Gasteiger charge is 2.10. The number of rotatable bonds is 3. The number of hydrogen-bond acceptors (Lipinski definition) is 4. The molecule has 2 aromatic carbocycles. The van der Waals surface area contributed by atoms with Gasteiger partial charge in [0, 0.05) is 5.39 Å². The number of carbonyl (C=O) groups is 1. The minimum Gasteiger partial charge on any atom is -0.508 e. The molecule has 1 N–H and O–H groups in total. The minimum atomic E-state index is -0.663. The van der Waals surface area contributed by atoms with Gasteiger partial charge in [0.25, 0.3) is 0 Å². The number of phenols is 1. The van der Waals surface area contributed by atoms with Crippen LogP contribution in [0.5, 0.6) is 5.75 Å². The van der Waals surface area contributed by atoms with Gasteiger partial charge in [-0.25, -0.2) is 4.79 Å². The van der Waals surface area contributed by atoms with Gasteiger partial charge in [0.1, 0.15) is 16.9 Å². The number of phenolic OH excluding ortho intramolecular Hbond substituents is 1. The van der Waals surface area contributed by atoms with Crippen LogP contribution in [0.4, 0.5) is 0 Å². The van der Waals surface area contributed by atoms with Crippen molar-refractivity contribution in [3.8, 4) is 5.75 Å². The molecule has 0 saturated carbocycles. The second kappa shape index (κ2) is 5.69. The van der Waals surface area contributed by atoms with Gasteiger partial charge in [-0.05, 0) is 35.9 Å². The number of carbonyl (C=O) groups excluding carboxylic acids is 1. The maximum Gasteiger partial charge on any atom is 0.347 e. The van der Waals surface area contributed by atoms with Gasteiger partial charge in [-0.2, -0.15) is 0 Å². The normalized spacial score (nSPS) is 11.1. The summed E-state index contributed by atoms with van der Waals surface area (Å²) in [5.74, 6) is -0.331. The van der Waals surface area contributed by atoms with Crippen LogP contribution in [0.1, 0.15) is 15.9 Å². The third kappa shape index (κ3) is 2.81. The van der Waals surface area contributed by atoms with E-state index in [4.69, 9.17) is 4.42 Å². The summed E-state index contributed by atoms with van der Waals surface area (Å²) in [6, 6.07) is 15.0. The van der Waals surface area contributed by atoms with Gasteiger partial charge in [0.05, 0.1) is 0 Å². The van der Waals surface area contributed by atoms with Crippen molar-refractivity contribution in [1.29, 1.82) is 0 Å². The van der Waals surface area contributed by atoms with E-state index in [-0.39, 0.29) is 11.3 Å². The third-order valence-corrected chi connectivity index (χ3v) is 3.20. The van der Waals surface area contributed by atoms with Crippen molar-refractivity contribution < 1.29 is 14.3 Å². The Bertz CT molecular complexity index is 935. The Balaban J connectivity index is 1.95. The van der Waals surface area contributed by atoms with E-state index in [0.717, 1.165) is 0 Å². The molecule has 0 aliphatic heterocycles. The minimum absolute atomic E-state index is 0.0184. The molecular formula is C18H12O4. The molecule has 0 spiro atoms. The number of para-hydroxylation sites is 1. The topological polar surface area (TPSA) is 67.5 Å². The van der Waals surface area contributed by atoms with E-state index in [0.29, 0.717) is 16.5 Å². The highest BCUT2D eigenvalue weighted by molar-refractivity contribution is 6.07. The average Bonchev–Trinajstić information content (AvgIpc) is 2.52. The molecule has 0 unspecified atom stereocenters. The maximum atomic E-state index is 12.2. The van der Waals surface area contributed by atoms with Crippen molar-refractivity contribution in [1.82, 2.24) is 0 Å². The van der Waals surface area contributed by atoms with Crippen LogP contribution in [-0.2, 0) is 0 Å². The molecule has 0 amide bonds. The predicted octanol–water partition coefficient (Wildman–Crippen LogP) is 3.39. The van der Waals surface area contributed by atoms with E-state index >= 15 is 0 Å². The summed E-state index contributed by atoms with van der Waals surface area (Å²) < 4.78 is 5.13. The van der Waals surface area contributed by atoms with Crippen molar-refractivity contribution in [2.45, 2.75) is 0 Å². The third-order valence-electron chi connectivity index (χ3n) is 3.20. The molecule has 0 fully saturated rings. The van der Waals surface area contributed by atoms with Crippen LogP contribution in [0.15, 0.2) is 69.9 Å². The molecule has 3 aromatic rings. The Morgan fingerprint density at radius 3 is 2.68 bits per heavy atom. The van der Waals surface area contributed by atoms with E-state index in [2.05, 4.69) is 0 Å². The molecule has 3 rings (SSSR count). The Hall–Kier alpha value is -3.14. The standard InChI is InChI=1S/C18H12O4/c19-14-6-3-4-12(10-14)8-9-16(20)15-11-13-5-1-2-7-17(13)22-18(15)21/h1-11,19H. The highest BCUT2D eigenvalue weighted by atomic mass is 16.4. The molecule has 0 aliphatic rings. The number of benzene rings is 2. The molecule has 0 bridgehead atoms. The lowest BCUT2D eigenvalue weighted by Crippen LogP contribution is -2.11. The Morgan fingerprint density at radius 1 is 1.05 bits per heavy atom. The van der Waals surface area contributed by atoms with Crippen molar-refractivity contribution in [2.75, 3.05) is 0 Å². The Kier molecular flexibility index (Phi) is 3.58. The molecule has 108 valence electrons. The van der Waals surface area contributed by atoms with Crippen molar-refractivity contribution in [3.05, 3.63) is 82.2 Å². The fourth-order valence-electron chi connectivity index (χ4n) is 2.12. The molecule has 1 heterocycles. The maximum absolute atomic E-state index is 12.2. The summed E-state index contributed by atoms with van der Waals surface area (Å²) in [4.78, 5) is 24.0. The second-order valence-corrected chi connectivity index (χ2v) is 4.78. The molecule has 0 saturated heterocycles. The quantitative estimate of drug-likeness (QED) is 0.456. The molecule has 4 nitrogen and oxygen atoms in total. The van der Waals surface area contributed by atoms with Gasteiger partial charge in [-0.3, -0.25) is 4.79 Å². The monoisotopic (exact) mass is 292 g/mol. The van der Waals surface area contributed by atoms with E-state index in [1.165, 1.54) is 30.4 Å². The predicted molar refractivity (Wildman–Crippen MR) is 84.0 cm³/mol. The van der Waals surface area contributed by atoms with Crippen LogP contribution < -0.4 is 5.63 Å². The van der Waals surface area contributed by atoms with Crippen LogP contribution in [0.3, 0.4) is 0 Å². The first-order valence-corrected chi connectivity index (χ1v) is 6.68. The molecule has 4 heteroatoms.